The Morgan fingerprint density at radius 1 is 1.04 bits per heavy atom. The molecular formula is C21H30IN3O2. The van der Waals surface area contributed by atoms with Crippen molar-refractivity contribution in [3.8, 4) is 5.75 Å². The van der Waals surface area contributed by atoms with Crippen LogP contribution in [0.15, 0.2) is 59.6 Å². The highest BCUT2D eigenvalue weighted by Crippen LogP contribution is 2.10. The van der Waals surface area contributed by atoms with Crippen LogP contribution >= 0.6 is 24.0 Å². The normalized spacial score (nSPS) is 12.1. The summed E-state index contributed by atoms with van der Waals surface area (Å²) in [5.74, 6) is 1.43. The Morgan fingerprint density at radius 3 is 2.41 bits per heavy atom. The van der Waals surface area contributed by atoms with Gasteiger partial charge in [-0.1, -0.05) is 49.4 Å². The van der Waals surface area contributed by atoms with Gasteiger partial charge in [-0.15, -0.1) is 24.0 Å². The molecular weight excluding hydrogens is 453 g/mol. The molecule has 3 N–H and O–H groups in total. The molecule has 0 aliphatic heterocycles. The van der Waals surface area contributed by atoms with Crippen molar-refractivity contribution in [2.45, 2.75) is 27.0 Å². The summed E-state index contributed by atoms with van der Waals surface area (Å²) < 4.78 is 5.79. The number of hydrogen-bond acceptors (Lipinski definition) is 3. The van der Waals surface area contributed by atoms with Gasteiger partial charge in [0, 0.05) is 13.1 Å². The molecule has 0 radical (unpaired) electrons. The number of nitrogens with zero attached hydrogens (tertiary/aromatic N) is 1. The number of ether oxygens (including phenoxy) is 1. The summed E-state index contributed by atoms with van der Waals surface area (Å²) in [6.45, 7) is 7.69. The number of benzene rings is 2. The first kappa shape index (κ1) is 23.2. The molecule has 0 aromatic heterocycles. The predicted molar refractivity (Wildman–Crippen MR) is 122 cm³/mol. The van der Waals surface area contributed by atoms with Crippen LogP contribution in [0.3, 0.4) is 0 Å². The van der Waals surface area contributed by atoms with E-state index in [9.17, 15) is 5.11 Å². The maximum Gasteiger partial charge on any atom is 0.191 e. The first-order valence-corrected chi connectivity index (χ1v) is 9.09. The SMILES string of the molecule is CCNC(=NCc1ccc(O)cc1)NCC(C)COCc1ccccc1.I. The van der Waals surface area contributed by atoms with Crippen LogP contribution in [0, 0.1) is 5.92 Å². The Morgan fingerprint density at radius 2 is 1.74 bits per heavy atom. The average Bonchev–Trinajstić information content (AvgIpc) is 2.66. The Kier molecular flexibility index (Phi) is 11.5. The van der Waals surface area contributed by atoms with Gasteiger partial charge in [-0.3, -0.25) is 0 Å². The van der Waals surface area contributed by atoms with Crippen LogP contribution in [-0.4, -0.2) is 30.8 Å². The van der Waals surface area contributed by atoms with Crippen molar-refractivity contribution in [3.63, 3.8) is 0 Å². The minimum atomic E-state index is 0. The summed E-state index contributed by atoms with van der Waals surface area (Å²) in [6, 6.07) is 17.3. The highest BCUT2D eigenvalue weighted by atomic mass is 127. The number of nitrogens with one attached hydrogen (secondary N) is 2. The topological polar surface area (TPSA) is 65.9 Å². The van der Waals surface area contributed by atoms with Crippen molar-refractivity contribution in [1.82, 2.24) is 10.6 Å². The molecule has 27 heavy (non-hydrogen) atoms. The lowest BCUT2D eigenvalue weighted by atomic mass is 10.2. The zero-order valence-electron chi connectivity index (χ0n) is 16.0. The number of guanidine groups is 1. The lowest BCUT2D eigenvalue weighted by Crippen LogP contribution is -2.40. The Balaban J connectivity index is 0.00000364. The largest absolute Gasteiger partial charge is 0.508 e. The molecule has 148 valence electrons. The zero-order valence-corrected chi connectivity index (χ0v) is 18.4. The average molecular weight is 483 g/mol. The molecule has 2 aromatic carbocycles. The molecule has 0 aliphatic carbocycles. The molecule has 2 rings (SSSR count). The monoisotopic (exact) mass is 483 g/mol. The van der Waals surface area contributed by atoms with Crippen molar-refractivity contribution in [2.75, 3.05) is 19.7 Å². The molecule has 0 saturated carbocycles. The van der Waals surface area contributed by atoms with Crippen molar-refractivity contribution in [1.29, 1.82) is 0 Å². The van der Waals surface area contributed by atoms with Gasteiger partial charge in [0.2, 0.25) is 0 Å². The summed E-state index contributed by atoms with van der Waals surface area (Å²) in [7, 11) is 0. The first-order chi connectivity index (χ1) is 12.7. The summed E-state index contributed by atoms with van der Waals surface area (Å²) in [6.07, 6.45) is 0. The van der Waals surface area contributed by atoms with E-state index in [1.165, 1.54) is 5.56 Å². The maximum atomic E-state index is 9.33. The second-order valence-electron chi connectivity index (χ2n) is 6.35. The fourth-order valence-electron chi connectivity index (χ4n) is 2.40. The molecule has 5 nitrogen and oxygen atoms in total. The fraction of sp³-hybridized carbons (Fsp3) is 0.381. The van der Waals surface area contributed by atoms with E-state index >= 15 is 0 Å². The van der Waals surface area contributed by atoms with E-state index in [2.05, 4.69) is 34.7 Å². The predicted octanol–water partition coefficient (Wildman–Crippen LogP) is 3.92. The minimum absolute atomic E-state index is 0. The molecule has 0 spiro atoms. The third-order valence-electron chi connectivity index (χ3n) is 3.83. The van der Waals surface area contributed by atoms with Crippen LogP contribution in [0.25, 0.3) is 0 Å². The van der Waals surface area contributed by atoms with E-state index in [1.807, 2.05) is 37.3 Å². The highest BCUT2D eigenvalue weighted by molar-refractivity contribution is 14.0. The number of aliphatic imine (C=N–C) groups is 1. The number of rotatable bonds is 9. The van der Waals surface area contributed by atoms with E-state index in [1.54, 1.807) is 12.1 Å². The lowest BCUT2D eigenvalue weighted by Gasteiger charge is -2.16. The third-order valence-corrected chi connectivity index (χ3v) is 3.83. The highest BCUT2D eigenvalue weighted by Gasteiger charge is 2.05. The van der Waals surface area contributed by atoms with Crippen LogP contribution < -0.4 is 10.6 Å². The Hall–Kier alpha value is -1.80. The summed E-state index contributed by atoms with van der Waals surface area (Å²) >= 11 is 0. The van der Waals surface area contributed by atoms with Gasteiger partial charge < -0.3 is 20.5 Å². The molecule has 1 atom stereocenters. The molecule has 0 aliphatic rings. The fourth-order valence-corrected chi connectivity index (χ4v) is 2.40. The van der Waals surface area contributed by atoms with Gasteiger partial charge in [0.15, 0.2) is 5.96 Å². The smallest absolute Gasteiger partial charge is 0.191 e. The van der Waals surface area contributed by atoms with Crippen LogP contribution in [0.1, 0.15) is 25.0 Å². The number of phenolic OH excluding ortho intramolecular Hbond substituents is 1. The summed E-state index contributed by atoms with van der Waals surface area (Å²) in [5.41, 5.74) is 2.25. The van der Waals surface area contributed by atoms with Gasteiger partial charge in [0.25, 0.3) is 0 Å². The second-order valence-corrected chi connectivity index (χ2v) is 6.35. The van der Waals surface area contributed by atoms with E-state index in [0.29, 0.717) is 25.7 Å². The van der Waals surface area contributed by atoms with Crippen LogP contribution in [0.5, 0.6) is 5.75 Å². The van der Waals surface area contributed by atoms with Crippen molar-refractivity contribution in [2.24, 2.45) is 10.9 Å². The van der Waals surface area contributed by atoms with Crippen molar-refractivity contribution in [3.05, 3.63) is 65.7 Å². The molecule has 0 fully saturated rings. The number of phenols is 1. The maximum absolute atomic E-state index is 9.33. The third kappa shape index (κ3) is 9.63. The van der Waals surface area contributed by atoms with Gasteiger partial charge in [0.1, 0.15) is 5.75 Å². The van der Waals surface area contributed by atoms with E-state index in [4.69, 9.17) is 4.74 Å². The molecule has 0 heterocycles. The van der Waals surface area contributed by atoms with E-state index < -0.39 is 0 Å². The standard InChI is InChI=1S/C21H29N3O2.HI/c1-3-22-21(24-14-18-9-11-20(25)12-10-18)23-13-17(2)15-26-16-19-7-5-4-6-8-19;/h4-12,17,25H,3,13-16H2,1-2H3,(H2,22,23,24);1H. The van der Waals surface area contributed by atoms with Crippen LogP contribution in [-0.2, 0) is 17.9 Å². The van der Waals surface area contributed by atoms with Gasteiger partial charge in [0.05, 0.1) is 19.8 Å². The van der Waals surface area contributed by atoms with Crippen LogP contribution in [0.2, 0.25) is 0 Å². The van der Waals surface area contributed by atoms with Crippen molar-refractivity contribution < 1.29 is 9.84 Å². The van der Waals surface area contributed by atoms with E-state index in [-0.39, 0.29) is 29.7 Å². The molecule has 0 bridgehead atoms. The van der Waals surface area contributed by atoms with Gasteiger partial charge in [-0.25, -0.2) is 4.99 Å². The summed E-state index contributed by atoms with van der Waals surface area (Å²) in [4.78, 5) is 4.59. The van der Waals surface area contributed by atoms with Gasteiger partial charge >= 0.3 is 0 Å². The molecule has 0 saturated heterocycles. The number of hydrogen-bond donors (Lipinski definition) is 3. The van der Waals surface area contributed by atoms with Gasteiger partial charge in [-0.05, 0) is 36.1 Å². The molecule has 1 unspecified atom stereocenters. The molecule has 6 heteroatoms. The number of halogens is 1. The van der Waals surface area contributed by atoms with Crippen molar-refractivity contribution >= 4 is 29.9 Å². The lowest BCUT2D eigenvalue weighted by molar-refractivity contribution is 0.0931. The molecule has 2 aromatic rings. The molecule has 0 amide bonds. The summed E-state index contributed by atoms with van der Waals surface area (Å²) in [5, 5.41) is 15.9. The first-order valence-electron chi connectivity index (χ1n) is 9.09. The Labute approximate surface area is 179 Å². The Bertz CT molecular complexity index is 663. The van der Waals surface area contributed by atoms with Gasteiger partial charge in [-0.2, -0.15) is 0 Å². The zero-order chi connectivity index (χ0) is 18.6. The van der Waals surface area contributed by atoms with E-state index in [0.717, 1.165) is 24.6 Å². The quantitative estimate of drug-likeness (QED) is 0.288. The van der Waals surface area contributed by atoms with Crippen LogP contribution in [0.4, 0.5) is 0 Å². The minimum Gasteiger partial charge on any atom is -0.508 e. The second kappa shape index (κ2) is 13.4. The number of aromatic hydroxyl groups is 1.